The van der Waals surface area contributed by atoms with E-state index in [4.69, 9.17) is 9.47 Å². The Hall–Kier alpha value is -3.56. The molecule has 9 heteroatoms. The third kappa shape index (κ3) is 5.81. The number of H-pyrrole nitrogens is 1. The van der Waals surface area contributed by atoms with Crippen molar-refractivity contribution in [1.29, 1.82) is 0 Å². The molecule has 0 atom stereocenters. The Morgan fingerprint density at radius 1 is 0.975 bits per heavy atom. The number of nitrogens with one attached hydrogen (secondary N) is 1. The van der Waals surface area contributed by atoms with Crippen LogP contribution in [0.3, 0.4) is 0 Å². The van der Waals surface area contributed by atoms with Gasteiger partial charge in [-0.3, -0.25) is 9.13 Å². The van der Waals surface area contributed by atoms with Gasteiger partial charge in [-0.2, -0.15) is 5.21 Å². The molecule has 2 aromatic carbocycles. The van der Waals surface area contributed by atoms with E-state index >= 15 is 0 Å². The Morgan fingerprint density at radius 2 is 1.68 bits per heavy atom. The second-order valence-corrected chi connectivity index (χ2v) is 11.1. The van der Waals surface area contributed by atoms with Crippen LogP contribution in [-0.4, -0.2) is 44.0 Å². The van der Waals surface area contributed by atoms with Crippen molar-refractivity contribution >= 4 is 0 Å². The molecule has 1 N–H and O–H groups in total. The fourth-order valence-corrected chi connectivity index (χ4v) is 5.92. The number of aromatic nitrogens is 6. The molecule has 9 nitrogen and oxygen atoms in total. The lowest BCUT2D eigenvalue weighted by Crippen LogP contribution is -2.30. The average molecular weight is 545 g/mol. The number of ether oxygens (including phenoxy) is 2. The lowest BCUT2D eigenvalue weighted by molar-refractivity contribution is -0.112. The van der Waals surface area contributed by atoms with E-state index < -0.39 is 6.29 Å². The van der Waals surface area contributed by atoms with Gasteiger partial charge in [-0.15, -0.1) is 10.2 Å². The summed E-state index contributed by atoms with van der Waals surface area (Å²) in [5, 5.41) is 14.6. The normalized spacial score (nSPS) is 14.4. The zero-order chi connectivity index (χ0) is 28.1. The molecule has 0 aliphatic heterocycles. The Labute approximate surface area is 235 Å². The van der Waals surface area contributed by atoms with Crippen LogP contribution in [0.5, 0.6) is 0 Å². The Balaban J connectivity index is 1.53. The van der Waals surface area contributed by atoms with Gasteiger partial charge in [0.05, 0.1) is 12.2 Å². The number of aromatic amines is 1. The highest BCUT2D eigenvalue weighted by atomic mass is 16.7. The molecule has 0 spiro atoms. The zero-order valence-electron chi connectivity index (χ0n) is 24.0. The number of hydrogen-bond donors (Lipinski definition) is 1. The minimum atomic E-state index is -0.581. The fraction of sp³-hybridized carbons (Fsp3) is 0.484. The standard InChI is InChI=1S/C31H40N6O3/c1-21(2)14-19-27-28(30(39-3)40-4)37(24-10-6-5-7-11-24)31(38)36(27)20-22-15-17-23(18-16-22)25-12-8-9-13-26(25)29-32-34-35-33-29/h8-9,12-13,15-18,21,24,30H,5-7,10-11,14,19-20H2,1-4H3,(H,32,33,34,35). The lowest BCUT2D eigenvalue weighted by atomic mass is 9.95. The van der Waals surface area contributed by atoms with Crippen molar-refractivity contribution in [2.24, 2.45) is 5.92 Å². The van der Waals surface area contributed by atoms with E-state index in [9.17, 15) is 4.79 Å². The molecule has 4 aromatic rings. The number of methoxy groups -OCH3 is 2. The van der Waals surface area contributed by atoms with Crippen LogP contribution in [0, 0.1) is 5.92 Å². The third-order valence-corrected chi connectivity index (χ3v) is 7.99. The predicted octanol–water partition coefficient (Wildman–Crippen LogP) is 5.93. The molecular weight excluding hydrogens is 504 g/mol. The molecule has 1 aliphatic rings. The number of rotatable bonds is 11. The molecule has 1 aliphatic carbocycles. The molecule has 0 amide bonds. The van der Waals surface area contributed by atoms with Crippen LogP contribution in [0.1, 0.15) is 81.7 Å². The zero-order valence-corrected chi connectivity index (χ0v) is 24.0. The average Bonchev–Trinajstić information content (AvgIpc) is 3.61. The molecule has 212 valence electrons. The largest absolute Gasteiger partial charge is 0.350 e. The third-order valence-electron chi connectivity index (χ3n) is 7.99. The number of nitrogens with zero attached hydrogens (tertiary/aromatic N) is 5. The summed E-state index contributed by atoms with van der Waals surface area (Å²) >= 11 is 0. The molecule has 1 fully saturated rings. The quantitative estimate of drug-likeness (QED) is 0.235. The van der Waals surface area contributed by atoms with Crippen LogP contribution in [0.25, 0.3) is 22.5 Å². The number of tetrazole rings is 1. The Bertz CT molecular complexity index is 1430. The molecular formula is C31H40N6O3. The molecule has 0 unspecified atom stereocenters. The van der Waals surface area contributed by atoms with Crippen LogP contribution < -0.4 is 5.69 Å². The van der Waals surface area contributed by atoms with Crippen LogP contribution in [0.4, 0.5) is 0 Å². The van der Waals surface area contributed by atoms with E-state index in [1.54, 1.807) is 14.2 Å². The van der Waals surface area contributed by atoms with Crippen LogP contribution in [-0.2, 0) is 22.4 Å². The Kier molecular flexibility index (Phi) is 8.91. The smallest absolute Gasteiger partial charge is 0.329 e. The number of imidazole rings is 1. The minimum Gasteiger partial charge on any atom is -0.350 e. The summed E-state index contributed by atoms with van der Waals surface area (Å²) in [6.45, 7) is 4.93. The van der Waals surface area contributed by atoms with Gasteiger partial charge in [0.2, 0.25) is 5.82 Å². The topological polar surface area (TPSA) is 99.9 Å². The molecule has 5 rings (SSSR count). The van der Waals surface area contributed by atoms with Gasteiger partial charge in [0.1, 0.15) is 0 Å². The van der Waals surface area contributed by atoms with Gasteiger partial charge >= 0.3 is 5.69 Å². The molecule has 2 heterocycles. The first-order valence-electron chi connectivity index (χ1n) is 14.3. The van der Waals surface area contributed by atoms with Crippen molar-refractivity contribution in [2.45, 2.75) is 77.7 Å². The van der Waals surface area contributed by atoms with E-state index in [0.29, 0.717) is 18.3 Å². The summed E-state index contributed by atoms with van der Waals surface area (Å²) in [4.78, 5) is 14.2. The van der Waals surface area contributed by atoms with E-state index in [-0.39, 0.29) is 11.7 Å². The van der Waals surface area contributed by atoms with Gasteiger partial charge in [0.25, 0.3) is 0 Å². The maximum atomic E-state index is 14.2. The summed E-state index contributed by atoms with van der Waals surface area (Å²) in [7, 11) is 3.30. The van der Waals surface area contributed by atoms with Crippen molar-refractivity contribution in [1.82, 2.24) is 29.8 Å². The van der Waals surface area contributed by atoms with E-state index in [1.807, 2.05) is 27.3 Å². The predicted molar refractivity (Wildman–Crippen MR) is 155 cm³/mol. The van der Waals surface area contributed by atoms with Crippen LogP contribution in [0.15, 0.2) is 53.3 Å². The first kappa shape index (κ1) is 28.0. The molecule has 0 radical (unpaired) electrons. The van der Waals surface area contributed by atoms with Gasteiger partial charge in [-0.05, 0) is 53.5 Å². The monoisotopic (exact) mass is 544 g/mol. The minimum absolute atomic E-state index is 0.0336. The lowest BCUT2D eigenvalue weighted by Gasteiger charge is -2.26. The van der Waals surface area contributed by atoms with Gasteiger partial charge in [0, 0.05) is 31.5 Å². The second-order valence-electron chi connectivity index (χ2n) is 11.1. The molecule has 0 saturated heterocycles. The molecule has 0 bridgehead atoms. The number of benzene rings is 2. The SMILES string of the molecule is COC(OC)c1c(CCC(C)C)n(Cc2ccc(-c3ccccc3-c3nn[nH]n3)cc2)c(=O)n1C1CCCCC1. The van der Waals surface area contributed by atoms with E-state index in [1.165, 1.54) is 6.42 Å². The molecule has 2 aromatic heterocycles. The Morgan fingerprint density at radius 3 is 2.30 bits per heavy atom. The second kappa shape index (κ2) is 12.7. The van der Waals surface area contributed by atoms with Crippen molar-refractivity contribution in [3.63, 3.8) is 0 Å². The molecule has 1 saturated carbocycles. The summed E-state index contributed by atoms with van der Waals surface area (Å²) in [6.07, 6.45) is 6.71. The maximum Gasteiger partial charge on any atom is 0.329 e. The van der Waals surface area contributed by atoms with Crippen LogP contribution in [0.2, 0.25) is 0 Å². The maximum absolute atomic E-state index is 14.2. The van der Waals surface area contributed by atoms with Gasteiger partial charge in [0.15, 0.2) is 6.29 Å². The fourth-order valence-electron chi connectivity index (χ4n) is 5.92. The highest BCUT2D eigenvalue weighted by Crippen LogP contribution is 2.34. The summed E-state index contributed by atoms with van der Waals surface area (Å²) < 4.78 is 15.5. The van der Waals surface area contributed by atoms with Crippen molar-refractivity contribution < 1.29 is 9.47 Å². The van der Waals surface area contributed by atoms with E-state index in [2.05, 4.69) is 64.8 Å². The first-order chi connectivity index (χ1) is 19.5. The van der Waals surface area contributed by atoms with Crippen LogP contribution >= 0.6 is 0 Å². The van der Waals surface area contributed by atoms with Gasteiger partial charge in [-0.1, -0.05) is 81.6 Å². The number of hydrogen-bond acceptors (Lipinski definition) is 6. The van der Waals surface area contributed by atoms with Gasteiger partial charge < -0.3 is 9.47 Å². The summed E-state index contributed by atoms with van der Waals surface area (Å²) in [5.41, 5.74) is 5.99. The first-order valence-corrected chi connectivity index (χ1v) is 14.3. The highest BCUT2D eigenvalue weighted by Gasteiger charge is 2.31. The summed E-state index contributed by atoms with van der Waals surface area (Å²) in [6, 6.07) is 16.6. The highest BCUT2D eigenvalue weighted by molar-refractivity contribution is 5.80. The van der Waals surface area contributed by atoms with Crippen molar-refractivity contribution in [3.8, 4) is 22.5 Å². The summed E-state index contributed by atoms with van der Waals surface area (Å²) in [5.74, 6) is 1.07. The van der Waals surface area contributed by atoms with Crippen molar-refractivity contribution in [3.05, 3.63) is 76.0 Å². The van der Waals surface area contributed by atoms with E-state index in [0.717, 1.165) is 72.2 Å². The van der Waals surface area contributed by atoms with Gasteiger partial charge in [-0.25, -0.2) is 4.79 Å². The molecule has 40 heavy (non-hydrogen) atoms. The van der Waals surface area contributed by atoms with Crippen molar-refractivity contribution in [2.75, 3.05) is 14.2 Å².